The van der Waals surface area contributed by atoms with Crippen molar-refractivity contribution in [2.75, 3.05) is 6.61 Å². The Labute approximate surface area is 248 Å². The first-order valence-electron chi connectivity index (χ1n) is 13.8. The SMILES string of the molecule is CC1NC(C)C(CCOC(=O)C=Cc2ccc(Cn3ccnc3)cc2)(C(=O)O)C(c2ccccc2[N+](=O)[O-])C1(C)C(=O)O. The van der Waals surface area contributed by atoms with Gasteiger partial charge in [0, 0.05) is 54.6 Å². The van der Waals surface area contributed by atoms with Gasteiger partial charge in [-0.05, 0) is 44.4 Å². The number of nitrogens with zero attached hydrogens (tertiary/aromatic N) is 3. The topological polar surface area (TPSA) is 174 Å². The Kier molecular flexibility index (Phi) is 9.10. The number of ether oxygens (including phenoxy) is 1. The van der Waals surface area contributed by atoms with Crippen LogP contribution in [0.15, 0.2) is 73.3 Å². The van der Waals surface area contributed by atoms with Gasteiger partial charge in [-0.15, -0.1) is 0 Å². The molecule has 1 aliphatic rings. The van der Waals surface area contributed by atoms with E-state index in [-0.39, 0.29) is 24.3 Å². The predicted octanol–water partition coefficient (Wildman–Crippen LogP) is 4.11. The fourth-order valence-electron chi connectivity index (χ4n) is 6.17. The predicted molar refractivity (Wildman–Crippen MR) is 156 cm³/mol. The number of benzene rings is 2. The molecule has 1 aromatic heterocycles. The number of imidazole rings is 1. The van der Waals surface area contributed by atoms with Crippen LogP contribution in [-0.2, 0) is 25.7 Å². The van der Waals surface area contributed by atoms with Gasteiger partial charge in [0.2, 0.25) is 0 Å². The molecule has 1 saturated heterocycles. The minimum atomic E-state index is -1.87. The highest BCUT2D eigenvalue weighted by Gasteiger charge is 2.66. The van der Waals surface area contributed by atoms with Gasteiger partial charge in [-0.25, -0.2) is 9.78 Å². The van der Waals surface area contributed by atoms with Crippen molar-refractivity contribution >= 4 is 29.7 Å². The molecule has 0 saturated carbocycles. The lowest BCUT2D eigenvalue weighted by molar-refractivity contribution is -0.386. The van der Waals surface area contributed by atoms with Crippen LogP contribution in [0.4, 0.5) is 5.69 Å². The van der Waals surface area contributed by atoms with E-state index in [1.54, 1.807) is 32.4 Å². The highest BCUT2D eigenvalue weighted by molar-refractivity contribution is 5.87. The van der Waals surface area contributed by atoms with Crippen LogP contribution in [0.25, 0.3) is 6.08 Å². The number of nitro benzene ring substituents is 1. The Morgan fingerprint density at radius 1 is 1.09 bits per heavy atom. The molecule has 3 aromatic rings. The molecule has 12 nitrogen and oxygen atoms in total. The number of piperidine rings is 1. The van der Waals surface area contributed by atoms with E-state index in [0.29, 0.717) is 6.54 Å². The molecule has 2 heterocycles. The number of aliphatic carboxylic acids is 2. The molecule has 12 heteroatoms. The maximum absolute atomic E-state index is 13.1. The summed E-state index contributed by atoms with van der Waals surface area (Å²) in [7, 11) is 0. The van der Waals surface area contributed by atoms with Gasteiger partial charge in [0.25, 0.3) is 5.69 Å². The molecular formula is C31H34N4O8. The van der Waals surface area contributed by atoms with Gasteiger partial charge in [-0.1, -0.05) is 42.5 Å². The second-order valence-corrected chi connectivity index (χ2v) is 11.0. The number of nitrogens with one attached hydrogen (secondary N) is 1. The number of esters is 1. The monoisotopic (exact) mass is 590 g/mol. The number of nitro groups is 1. The van der Waals surface area contributed by atoms with E-state index in [1.165, 1.54) is 37.3 Å². The molecule has 0 radical (unpaired) electrons. The minimum absolute atomic E-state index is 0.00251. The third-order valence-electron chi connectivity index (χ3n) is 8.67. The fraction of sp³-hybridized carbons (Fsp3) is 0.355. The van der Waals surface area contributed by atoms with Crippen LogP contribution in [0.5, 0.6) is 0 Å². The molecule has 1 aliphatic heterocycles. The molecule has 0 amide bonds. The lowest BCUT2D eigenvalue weighted by Gasteiger charge is -2.55. The zero-order valence-electron chi connectivity index (χ0n) is 24.0. The number of para-hydroxylation sites is 1. The molecule has 5 atom stereocenters. The molecule has 2 aromatic carbocycles. The molecule has 4 rings (SSSR count). The summed E-state index contributed by atoms with van der Waals surface area (Å²) in [5.41, 5.74) is -2.21. The van der Waals surface area contributed by atoms with Gasteiger partial charge in [-0.2, -0.15) is 0 Å². The maximum atomic E-state index is 13.1. The summed E-state index contributed by atoms with van der Waals surface area (Å²) in [4.78, 5) is 53.9. The summed E-state index contributed by atoms with van der Waals surface area (Å²) >= 11 is 0. The third-order valence-corrected chi connectivity index (χ3v) is 8.67. The Morgan fingerprint density at radius 2 is 1.79 bits per heavy atom. The number of rotatable bonds is 11. The fourth-order valence-corrected chi connectivity index (χ4v) is 6.17. The number of hydrogen-bond donors (Lipinski definition) is 3. The number of carbonyl (C=O) groups is 3. The number of carboxylic acid groups (broad SMARTS) is 2. The third kappa shape index (κ3) is 6.05. The first kappa shape index (κ1) is 31.1. The first-order valence-corrected chi connectivity index (χ1v) is 13.8. The summed E-state index contributed by atoms with van der Waals surface area (Å²) in [6.45, 7) is 4.91. The summed E-state index contributed by atoms with van der Waals surface area (Å²) in [5, 5.41) is 36.1. The standard InChI is InChI=1S/C31H34N4O8/c1-20-30(3,28(37)38)27(24-6-4-5-7-25(24)35(41)42)31(29(39)40,21(2)33-20)14-17-43-26(36)13-12-22-8-10-23(11-9-22)18-34-16-15-32-19-34/h4-13,15-16,19-21,27,33H,14,17-18H2,1-3H3,(H,37,38)(H,39,40). The number of carboxylic acids is 2. The van der Waals surface area contributed by atoms with E-state index in [2.05, 4.69) is 10.3 Å². The van der Waals surface area contributed by atoms with Crippen molar-refractivity contribution < 1.29 is 34.3 Å². The van der Waals surface area contributed by atoms with Crippen LogP contribution in [0.1, 0.15) is 49.8 Å². The van der Waals surface area contributed by atoms with Gasteiger partial charge < -0.3 is 24.8 Å². The number of hydrogen-bond acceptors (Lipinski definition) is 8. The van der Waals surface area contributed by atoms with Crippen molar-refractivity contribution in [1.82, 2.24) is 14.9 Å². The second-order valence-electron chi connectivity index (χ2n) is 11.0. The van der Waals surface area contributed by atoms with Crippen molar-refractivity contribution in [2.45, 2.75) is 51.7 Å². The van der Waals surface area contributed by atoms with E-state index in [0.717, 1.165) is 11.1 Å². The van der Waals surface area contributed by atoms with E-state index < -0.39 is 51.7 Å². The molecular weight excluding hydrogens is 556 g/mol. The zero-order valence-corrected chi connectivity index (χ0v) is 24.0. The van der Waals surface area contributed by atoms with Crippen LogP contribution < -0.4 is 5.32 Å². The molecule has 43 heavy (non-hydrogen) atoms. The molecule has 0 bridgehead atoms. The van der Waals surface area contributed by atoms with Crippen LogP contribution >= 0.6 is 0 Å². The smallest absolute Gasteiger partial charge is 0.330 e. The van der Waals surface area contributed by atoms with E-state index in [1.807, 2.05) is 35.0 Å². The van der Waals surface area contributed by atoms with E-state index in [4.69, 9.17) is 4.74 Å². The highest BCUT2D eigenvalue weighted by atomic mass is 16.6. The molecule has 0 aliphatic carbocycles. The van der Waals surface area contributed by atoms with Crippen LogP contribution in [0.2, 0.25) is 0 Å². The van der Waals surface area contributed by atoms with Crippen LogP contribution in [-0.4, -0.2) is 61.3 Å². The Morgan fingerprint density at radius 3 is 2.40 bits per heavy atom. The molecule has 3 N–H and O–H groups in total. The Hall–Kier alpha value is -4.84. The lowest BCUT2D eigenvalue weighted by atomic mass is 9.51. The van der Waals surface area contributed by atoms with E-state index in [9.17, 15) is 34.7 Å². The van der Waals surface area contributed by atoms with Crippen molar-refractivity contribution in [3.63, 3.8) is 0 Å². The highest BCUT2D eigenvalue weighted by Crippen LogP contribution is 2.58. The summed E-state index contributed by atoms with van der Waals surface area (Å²) in [6, 6.07) is 11.6. The average molecular weight is 591 g/mol. The summed E-state index contributed by atoms with van der Waals surface area (Å²) < 4.78 is 7.32. The summed E-state index contributed by atoms with van der Waals surface area (Å²) in [6.07, 6.45) is 7.78. The number of aromatic nitrogens is 2. The van der Waals surface area contributed by atoms with Gasteiger partial charge >= 0.3 is 17.9 Å². The van der Waals surface area contributed by atoms with Crippen molar-refractivity contribution in [1.29, 1.82) is 0 Å². The average Bonchev–Trinajstić information content (AvgIpc) is 3.48. The minimum Gasteiger partial charge on any atom is -0.481 e. The number of carbonyl (C=O) groups excluding carboxylic acids is 1. The second kappa shape index (κ2) is 12.6. The zero-order chi connectivity index (χ0) is 31.4. The lowest BCUT2D eigenvalue weighted by Crippen LogP contribution is -2.69. The van der Waals surface area contributed by atoms with Crippen molar-refractivity contribution in [2.24, 2.45) is 10.8 Å². The normalized spacial score (nSPS) is 25.3. The van der Waals surface area contributed by atoms with Crippen LogP contribution in [0, 0.1) is 20.9 Å². The van der Waals surface area contributed by atoms with Crippen molar-refractivity contribution in [3.05, 3.63) is 100 Å². The maximum Gasteiger partial charge on any atom is 0.330 e. The largest absolute Gasteiger partial charge is 0.481 e. The quantitative estimate of drug-likeness (QED) is 0.128. The van der Waals surface area contributed by atoms with Crippen molar-refractivity contribution in [3.8, 4) is 0 Å². The molecule has 1 fully saturated rings. The van der Waals surface area contributed by atoms with Crippen LogP contribution in [0.3, 0.4) is 0 Å². The van der Waals surface area contributed by atoms with Gasteiger partial charge in [0.1, 0.15) is 0 Å². The van der Waals surface area contributed by atoms with Gasteiger partial charge in [0.15, 0.2) is 0 Å². The first-order chi connectivity index (χ1) is 20.4. The van der Waals surface area contributed by atoms with E-state index >= 15 is 0 Å². The molecule has 226 valence electrons. The van der Waals surface area contributed by atoms with Gasteiger partial charge in [0.05, 0.1) is 28.7 Å². The molecule has 5 unspecified atom stereocenters. The molecule has 0 spiro atoms. The Balaban J connectivity index is 1.57. The Bertz CT molecular complexity index is 1520. The van der Waals surface area contributed by atoms with Gasteiger partial charge in [-0.3, -0.25) is 19.7 Å². The summed E-state index contributed by atoms with van der Waals surface area (Å²) in [5.74, 6) is -4.70.